The van der Waals surface area contributed by atoms with E-state index < -0.39 is 0 Å². The molecule has 98 valence electrons. The molecule has 2 heterocycles. The lowest BCUT2D eigenvalue weighted by Gasteiger charge is -2.05. The van der Waals surface area contributed by atoms with Gasteiger partial charge in [0, 0.05) is 19.9 Å². The Bertz CT molecular complexity index is 477. The molecule has 0 unspecified atom stereocenters. The number of ether oxygens (including phenoxy) is 1. The second kappa shape index (κ2) is 6.15. The molecule has 0 atom stereocenters. The third-order valence-corrected chi connectivity index (χ3v) is 2.48. The van der Waals surface area contributed by atoms with Gasteiger partial charge in [0.25, 0.3) is 0 Å². The molecule has 7 nitrogen and oxygen atoms in total. The molecule has 0 aliphatic heterocycles. The van der Waals surface area contributed by atoms with Crippen molar-refractivity contribution >= 4 is 11.5 Å². The normalized spacial score (nSPS) is 10.8. The number of methoxy groups -OCH3 is 1. The molecule has 0 amide bonds. The fraction of sp³-hybridized carbons (Fsp3) is 0.545. The highest BCUT2D eigenvalue weighted by molar-refractivity contribution is 5.52. The van der Waals surface area contributed by atoms with E-state index in [9.17, 15) is 0 Å². The van der Waals surface area contributed by atoms with Gasteiger partial charge < -0.3 is 10.1 Å². The first kappa shape index (κ1) is 12.6. The summed E-state index contributed by atoms with van der Waals surface area (Å²) in [6.45, 7) is 4.34. The van der Waals surface area contributed by atoms with Crippen molar-refractivity contribution in [2.45, 2.75) is 26.4 Å². The van der Waals surface area contributed by atoms with Crippen LogP contribution in [0.25, 0.3) is 0 Å². The van der Waals surface area contributed by atoms with E-state index in [1.165, 1.54) is 0 Å². The maximum atomic E-state index is 5.01. The topological polar surface area (TPSA) is 69.8 Å². The van der Waals surface area contributed by atoms with Crippen molar-refractivity contribution in [3.63, 3.8) is 0 Å². The molecule has 0 aliphatic carbocycles. The summed E-state index contributed by atoms with van der Waals surface area (Å²) < 4.78 is 8.68. The molecular weight excluding hydrogens is 232 g/mol. The highest BCUT2D eigenvalue weighted by Gasteiger charge is 2.04. The van der Waals surface area contributed by atoms with Crippen LogP contribution in [-0.2, 0) is 17.8 Å². The molecule has 0 aromatic carbocycles. The van der Waals surface area contributed by atoms with E-state index in [2.05, 4.69) is 27.7 Å². The van der Waals surface area contributed by atoms with Gasteiger partial charge in [0.1, 0.15) is 5.82 Å². The molecule has 0 saturated heterocycles. The van der Waals surface area contributed by atoms with Crippen LogP contribution in [0.1, 0.15) is 13.3 Å². The first-order chi connectivity index (χ1) is 8.83. The van der Waals surface area contributed by atoms with Crippen LogP contribution < -0.4 is 5.32 Å². The fourth-order valence-corrected chi connectivity index (χ4v) is 1.61. The van der Waals surface area contributed by atoms with Crippen molar-refractivity contribution in [1.82, 2.24) is 24.8 Å². The summed E-state index contributed by atoms with van der Waals surface area (Å²) in [5, 5.41) is 15.4. The lowest BCUT2D eigenvalue weighted by molar-refractivity contribution is 0.183. The summed E-state index contributed by atoms with van der Waals surface area (Å²) in [7, 11) is 1.68. The first-order valence-electron chi connectivity index (χ1n) is 6.00. The van der Waals surface area contributed by atoms with Crippen molar-refractivity contribution in [1.29, 1.82) is 0 Å². The maximum absolute atomic E-state index is 5.01. The Morgan fingerprint density at radius 1 is 1.33 bits per heavy atom. The molecule has 0 spiro atoms. The van der Waals surface area contributed by atoms with E-state index in [4.69, 9.17) is 4.74 Å². The highest BCUT2D eigenvalue weighted by Crippen LogP contribution is 2.14. The van der Waals surface area contributed by atoms with Crippen LogP contribution in [-0.4, -0.2) is 38.5 Å². The summed E-state index contributed by atoms with van der Waals surface area (Å²) >= 11 is 0. The summed E-state index contributed by atoms with van der Waals surface area (Å²) in [6.07, 6.45) is 6.44. The molecule has 18 heavy (non-hydrogen) atoms. The van der Waals surface area contributed by atoms with Gasteiger partial charge in [-0.3, -0.25) is 4.68 Å². The van der Waals surface area contributed by atoms with Crippen LogP contribution in [0.2, 0.25) is 0 Å². The van der Waals surface area contributed by atoms with Crippen LogP contribution in [0.4, 0.5) is 11.5 Å². The fourth-order valence-electron chi connectivity index (χ4n) is 1.61. The van der Waals surface area contributed by atoms with Crippen molar-refractivity contribution in [2.24, 2.45) is 0 Å². The number of nitrogens with zero attached hydrogens (tertiary/aromatic N) is 5. The Morgan fingerprint density at radius 2 is 2.22 bits per heavy atom. The molecule has 0 saturated carbocycles. The smallest absolute Gasteiger partial charge is 0.149 e. The van der Waals surface area contributed by atoms with Gasteiger partial charge in [-0.15, -0.1) is 5.10 Å². The van der Waals surface area contributed by atoms with Gasteiger partial charge in [-0.05, 0) is 6.42 Å². The molecule has 0 bridgehead atoms. The Balaban J connectivity index is 1.99. The standard InChI is InChI=1S/C11H18N6O/c1-3-4-17-11(8-12-15-17)14-10-7-13-16(9-10)5-6-18-2/h7-9,14H,3-6H2,1-2H3. The molecule has 2 aromatic heterocycles. The van der Waals surface area contributed by atoms with E-state index in [0.29, 0.717) is 6.61 Å². The van der Waals surface area contributed by atoms with E-state index in [-0.39, 0.29) is 0 Å². The predicted octanol–water partition coefficient (Wildman–Crippen LogP) is 1.27. The molecule has 7 heteroatoms. The largest absolute Gasteiger partial charge is 0.383 e. The van der Waals surface area contributed by atoms with Crippen LogP contribution in [0.5, 0.6) is 0 Å². The number of aryl methyl sites for hydroxylation is 1. The minimum absolute atomic E-state index is 0.649. The third-order valence-electron chi connectivity index (χ3n) is 2.48. The number of hydrogen-bond donors (Lipinski definition) is 1. The van der Waals surface area contributed by atoms with Gasteiger partial charge >= 0.3 is 0 Å². The van der Waals surface area contributed by atoms with E-state index in [0.717, 1.165) is 31.0 Å². The second-order valence-electron chi connectivity index (χ2n) is 3.95. The minimum atomic E-state index is 0.649. The average molecular weight is 250 g/mol. The first-order valence-corrected chi connectivity index (χ1v) is 6.00. The molecule has 0 aliphatic rings. The number of rotatable bonds is 7. The quantitative estimate of drug-likeness (QED) is 0.801. The van der Waals surface area contributed by atoms with Gasteiger partial charge in [-0.1, -0.05) is 12.1 Å². The Kier molecular flexibility index (Phi) is 4.30. The monoisotopic (exact) mass is 250 g/mol. The number of hydrogen-bond acceptors (Lipinski definition) is 5. The highest BCUT2D eigenvalue weighted by atomic mass is 16.5. The summed E-state index contributed by atoms with van der Waals surface area (Å²) in [6, 6.07) is 0. The Labute approximate surface area is 106 Å². The SMILES string of the molecule is CCCn1nncc1Nc1cnn(CCOC)c1. The average Bonchev–Trinajstić information content (AvgIpc) is 2.98. The molecule has 0 radical (unpaired) electrons. The number of aromatic nitrogens is 5. The van der Waals surface area contributed by atoms with Gasteiger partial charge in [0.15, 0.2) is 0 Å². The Morgan fingerprint density at radius 3 is 3.00 bits per heavy atom. The van der Waals surface area contributed by atoms with E-state index >= 15 is 0 Å². The summed E-state index contributed by atoms with van der Waals surface area (Å²) in [5.41, 5.74) is 0.922. The van der Waals surface area contributed by atoms with Gasteiger partial charge in [0.2, 0.25) is 0 Å². The number of anilines is 2. The van der Waals surface area contributed by atoms with E-state index in [1.54, 1.807) is 19.5 Å². The molecule has 0 fully saturated rings. The zero-order chi connectivity index (χ0) is 12.8. The lowest BCUT2D eigenvalue weighted by atomic mass is 10.5. The lowest BCUT2D eigenvalue weighted by Crippen LogP contribution is -2.05. The third kappa shape index (κ3) is 3.07. The number of nitrogens with one attached hydrogen (secondary N) is 1. The van der Waals surface area contributed by atoms with Gasteiger partial charge in [-0.25, -0.2) is 4.68 Å². The van der Waals surface area contributed by atoms with Crippen LogP contribution in [0.3, 0.4) is 0 Å². The van der Waals surface area contributed by atoms with Crippen LogP contribution in [0.15, 0.2) is 18.6 Å². The van der Waals surface area contributed by atoms with Crippen molar-refractivity contribution in [3.05, 3.63) is 18.6 Å². The zero-order valence-corrected chi connectivity index (χ0v) is 10.7. The minimum Gasteiger partial charge on any atom is -0.383 e. The van der Waals surface area contributed by atoms with Gasteiger partial charge in [-0.2, -0.15) is 5.10 Å². The van der Waals surface area contributed by atoms with Crippen molar-refractivity contribution in [2.75, 3.05) is 19.0 Å². The molecule has 2 aromatic rings. The van der Waals surface area contributed by atoms with E-state index in [1.807, 2.05) is 15.6 Å². The maximum Gasteiger partial charge on any atom is 0.149 e. The summed E-state index contributed by atoms with van der Waals surface area (Å²) in [4.78, 5) is 0. The molecule has 2 rings (SSSR count). The van der Waals surface area contributed by atoms with Gasteiger partial charge in [0.05, 0.1) is 31.2 Å². The molecule has 1 N–H and O–H groups in total. The van der Waals surface area contributed by atoms with Crippen LogP contribution in [0, 0.1) is 0 Å². The van der Waals surface area contributed by atoms with Crippen molar-refractivity contribution < 1.29 is 4.74 Å². The van der Waals surface area contributed by atoms with Crippen molar-refractivity contribution in [3.8, 4) is 0 Å². The van der Waals surface area contributed by atoms with Crippen LogP contribution >= 0.6 is 0 Å². The zero-order valence-electron chi connectivity index (χ0n) is 10.7. The summed E-state index contributed by atoms with van der Waals surface area (Å²) in [5.74, 6) is 0.878. The predicted molar refractivity (Wildman–Crippen MR) is 67.7 cm³/mol. The molecular formula is C11H18N6O. The Hall–Kier alpha value is -1.89. The second-order valence-corrected chi connectivity index (χ2v) is 3.95.